The molecular weight excluding hydrogens is 357 g/mol. The molecule has 7 heteroatoms. The van der Waals surface area contributed by atoms with Gasteiger partial charge in [-0.15, -0.1) is 0 Å². The lowest BCUT2D eigenvalue weighted by molar-refractivity contribution is -0.122. The molecule has 0 radical (unpaired) electrons. The predicted octanol–water partition coefficient (Wildman–Crippen LogP) is 1.62. The molecule has 0 bridgehead atoms. The Hall–Kier alpha value is -2.15. The van der Waals surface area contributed by atoms with Crippen molar-refractivity contribution in [2.45, 2.75) is 38.6 Å². The zero-order chi connectivity index (χ0) is 19.8. The van der Waals surface area contributed by atoms with Crippen LogP contribution in [0.5, 0.6) is 0 Å². The van der Waals surface area contributed by atoms with Crippen molar-refractivity contribution in [2.24, 2.45) is 4.99 Å². The van der Waals surface area contributed by atoms with Crippen LogP contribution in [0.3, 0.4) is 0 Å². The van der Waals surface area contributed by atoms with Crippen LogP contribution in [0.15, 0.2) is 29.3 Å². The quantitative estimate of drug-likeness (QED) is 0.403. The number of benzene rings is 1. The Labute approximate surface area is 167 Å². The lowest BCUT2D eigenvalue weighted by Crippen LogP contribution is -2.54. The Morgan fingerprint density at radius 2 is 2.04 bits per heavy atom. The van der Waals surface area contributed by atoms with Crippen molar-refractivity contribution in [3.8, 4) is 0 Å². The highest BCUT2D eigenvalue weighted by Gasteiger charge is 2.25. The second-order valence-corrected chi connectivity index (χ2v) is 7.57. The summed E-state index contributed by atoms with van der Waals surface area (Å²) in [5.74, 6) is 0.899. The van der Waals surface area contributed by atoms with Crippen molar-refractivity contribution in [2.75, 3.05) is 45.8 Å². The van der Waals surface area contributed by atoms with E-state index in [1.807, 2.05) is 6.07 Å². The molecule has 1 aliphatic carbocycles. The molecule has 6 nitrogen and oxygen atoms in total. The summed E-state index contributed by atoms with van der Waals surface area (Å²) < 4.78 is 13.3. The first-order valence-electron chi connectivity index (χ1n) is 10.4. The Morgan fingerprint density at radius 3 is 2.71 bits per heavy atom. The fourth-order valence-electron chi connectivity index (χ4n) is 3.41. The average molecular weight is 390 g/mol. The van der Waals surface area contributed by atoms with Gasteiger partial charge in [0.05, 0.1) is 6.54 Å². The molecule has 2 aliphatic rings. The van der Waals surface area contributed by atoms with Gasteiger partial charge in [0, 0.05) is 45.3 Å². The van der Waals surface area contributed by atoms with Crippen LogP contribution in [0.25, 0.3) is 0 Å². The van der Waals surface area contributed by atoms with Gasteiger partial charge in [0.2, 0.25) is 5.91 Å². The van der Waals surface area contributed by atoms with Gasteiger partial charge in [-0.05, 0) is 50.3 Å². The minimum atomic E-state index is -0.182. The molecule has 0 aromatic heterocycles. The normalized spacial score (nSPS) is 18.2. The highest BCUT2D eigenvalue weighted by molar-refractivity contribution is 5.80. The van der Waals surface area contributed by atoms with E-state index in [1.54, 1.807) is 12.1 Å². The van der Waals surface area contributed by atoms with Crippen LogP contribution in [0.2, 0.25) is 0 Å². The number of hydrogen-bond acceptors (Lipinski definition) is 3. The zero-order valence-electron chi connectivity index (χ0n) is 16.8. The number of nitrogens with zero attached hydrogens (tertiary/aromatic N) is 3. The Kier molecular flexibility index (Phi) is 7.65. The maximum atomic E-state index is 13.3. The number of aryl methyl sites for hydroxylation is 1. The summed E-state index contributed by atoms with van der Waals surface area (Å²) in [6.45, 7) is 7.57. The molecule has 0 spiro atoms. The van der Waals surface area contributed by atoms with Crippen LogP contribution in [0.1, 0.15) is 31.7 Å². The molecule has 0 atom stereocenters. The monoisotopic (exact) mass is 389 g/mol. The number of guanidine groups is 1. The Morgan fingerprint density at radius 1 is 1.25 bits per heavy atom. The first kappa shape index (κ1) is 20.6. The standard InChI is InChI=1S/C21H32FN5O/c1-2-23-21(24-10-4-6-17-5-3-7-18(22)15-17)27-13-11-26(12-14-27)16-20(28)25-19-8-9-19/h3,5,7,15,19H,2,4,6,8-14,16H2,1H3,(H,23,24)(H,25,28). The van der Waals surface area contributed by atoms with Crippen LogP contribution < -0.4 is 10.6 Å². The minimum Gasteiger partial charge on any atom is -0.357 e. The summed E-state index contributed by atoms with van der Waals surface area (Å²) in [6, 6.07) is 7.20. The zero-order valence-corrected chi connectivity index (χ0v) is 16.8. The van der Waals surface area contributed by atoms with Crippen LogP contribution in [0.4, 0.5) is 4.39 Å². The molecule has 1 aromatic rings. The van der Waals surface area contributed by atoms with Crippen LogP contribution in [-0.4, -0.2) is 73.5 Å². The van der Waals surface area contributed by atoms with E-state index < -0.39 is 0 Å². The number of halogens is 1. The van der Waals surface area contributed by atoms with Crippen LogP contribution in [0, 0.1) is 5.82 Å². The topological polar surface area (TPSA) is 60.0 Å². The lowest BCUT2D eigenvalue weighted by Gasteiger charge is -2.36. The molecule has 1 aliphatic heterocycles. The molecule has 1 heterocycles. The van der Waals surface area contributed by atoms with Crippen molar-refractivity contribution in [3.05, 3.63) is 35.6 Å². The molecule has 2 fully saturated rings. The van der Waals surface area contributed by atoms with Crippen molar-refractivity contribution in [3.63, 3.8) is 0 Å². The summed E-state index contributed by atoms with van der Waals surface area (Å²) in [7, 11) is 0. The second-order valence-electron chi connectivity index (χ2n) is 7.57. The number of nitrogens with one attached hydrogen (secondary N) is 2. The molecule has 1 saturated heterocycles. The van der Waals surface area contributed by atoms with Gasteiger partial charge in [0.25, 0.3) is 0 Å². The van der Waals surface area contributed by atoms with E-state index in [2.05, 4.69) is 27.4 Å². The van der Waals surface area contributed by atoms with Gasteiger partial charge in [-0.3, -0.25) is 14.7 Å². The third-order valence-electron chi connectivity index (χ3n) is 5.09. The molecule has 28 heavy (non-hydrogen) atoms. The first-order chi connectivity index (χ1) is 13.6. The van der Waals surface area contributed by atoms with E-state index in [0.717, 1.165) is 69.9 Å². The number of aliphatic imine (C=N–C) groups is 1. The van der Waals surface area contributed by atoms with Crippen molar-refractivity contribution in [1.29, 1.82) is 0 Å². The van der Waals surface area contributed by atoms with Gasteiger partial charge in [-0.25, -0.2) is 4.39 Å². The molecule has 0 unspecified atom stereocenters. The lowest BCUT2D eigenvalue weighted by atomic mass is 10.1. The number of carbonyl (C=O) groups is 1. The number of carbonyl (C=O) groups excluding carboxylic acids is 1. The van der Waals surface area contributed by atoms with E-state index in [1.165, 1.54) is 6.07 Å². The number of piperazine rings is 1. The van der Waals surface area contributed by atoms with Crippen molar-refractivity contribution < 1.29 is 9.18 Å². The van der Waals surface area contributed by atoms with E-state index >= 15 is 0 Å². The second kappa shape index (κ2) is 10.4. The largest absolute Gasteiger partial charge is 0.357 e. The molecule has 2 N–H and O–H groups in total. The van der Waals surface area contributed by atoms with Gasteiger partial charge in [0.1, 0.15) is 5.82 Å². The van der Waals surface area contributed by atoms with E-state index in [4.69, 9.17) is 4.99 Å². The van der Waals surface area contributed by atoms with Crippen LogP contribution >= 0.6 is 0 Å². The third kappa shape index (κ3) is 6.78. The summed E-state index contributed by atoms with van der Waals surface area (Å²) >= 11 is 0. The molecule has 1 aromatic carbocycles. The fourth-order valence-corrected chi connectivity index (χ4v) is 3.41. The third-order valence-corrected chi connectivity index (χ3v) is 5.09. The fraction of sp³-hybridized carbons (Fsp3) is 0.619. The highest BCUT2D eigenvalue weighted by atomic mass is 19.1. The van der Waals surface area contributed by atoms with E-state index in [-0.39, 0.29) is 11.7 Å². The molecule has 154 valence electrons. The maximum absolute atomic E-state index is 13.3. The maximum Gasteiger partial charge on any atom is 0.234 e. The molecule has 3 rings (SSSR count). The summed E-state index contributed by atoms with van der Waals surface area (Å²) in [6.07, 6.45) is 3.96. The van der Waals surface area contributed by atoms with Gasteiger partial charge in [-0.2, -0.15) is 0 Å². The highest BCUT2D eigenvalue weighted by Crippen LogP contribution is 2.18. The molecule has 1 amide bonds. The summed E-state index contributed by atoms with van der Waals surface area (Å²) in [5.41, 5.74) is 1.01. The first-order valence-corrected chi connectivity index (χ1v) is 10.4. The van der Waals surface area contributed by atoms with Gasteiger partial charge in [0.15, 0.2) is 5.96 Å². The number of hydrogen-bond donors (Lipinski definition) is 2. The van der Waals surface area contributed by atoms with E-state index in [0.29, 0.717) is 19.1 Å². The minimum absolute atomic E-state index is 0.147. The van der Waals surface area contributed by atoms with Gasteiger partial charge < -0.3 is 15.5 Å². The Bertz CT molecular complexity index is 669. The van der Waals surface area contributed by atoms with Gasteiger partial charge in [-0.1, -0.05) is 12.1 Å². The molecular formula is C21H32FN5O. The number of amides is 1. The molecule has 1 saturated carbocycles. The van der Waals surface area contributed by atoms with Crippen molar-refractivity contribution >= 4 is 11.9 Å². The average Bonchev–Trinajstić information content (AvgIpc) is 3.49. The summed E-state index contributed by atoms with van der Waals surface area (Å²) in [4.78, 5) is 21.2. The van der Waals surface area contributed by atoms with Crippen molar-refractivity contribution in [1.82, 2.24) is 20.4 Å². The smallest absolute Gasteiger partial charge is 0.234 e. The number of rotatable bonds is 8. The predicted molar refractivity (Wildman–Crippen MR) is 110 cm³/mol. The van der Waals surface area contributed by atoms with Crippen LogP contribution in [-0.2, 0) is 11.2 Å². The van der Waals surface area contributed by atoms with E-state index in [9.17, 15) is 9.18 Å². The summed E-state index contributed by atoms with van der Waals surface area (Å²) in [5, 5.41) is 6.42. The SMILES string of the molecule is CCNC(=NCCCc1cccc(F)c1)N1CCN(CC(=O)NC2CC2)CC1. The van der Waals surface area contributed by atoms with Gasteiger partial charge >= 0.3 is 0 Å². The Balaban J connectivity index is 1.41.